The first-order chi connectivity index (χ1) is 16.8. The number of carbonyl (C=O) groups is 1. The van der Waals surface area contributed by atoms with Crippen LogP contribution in [0.5, 0.6) is 0 Å². The highest BCUT2D eigenvalue weighted by atomic mass is 35.5. The Labute approximate surface area is 216 Å². The summed E-state index contributed by atoms with van der Waals surface area (Å²) < 4.78 is 15.9. The monoisotopic (exact) mass is 513 g/mol. The van der Waals surface area contributed by atoms with E-state index >= 15 is 4.39 Å². The second-order valence-corrected chi connectivity index (χ2v) is 10.9. The third-order valence-corrected chi connectivity index (χ3v) is 8.55. The van der Waals surface area contributed by atoms with Gasteiger partial charge in [-0.25, -0.2) is 4.39 Å². The van der Waals surface area contributed by atoms with Crippen LogP contribution in [0.25, 0.3) is 10.9 Å². The van der Waals surface area contributed by atoms with Gasteiger partial charge in [-0.2, -0.15) is 0 Å². The van der Waals surface area contributed by atoms with Gasteiger partial charge in [-0.1, -0.05) is 42.3 Å². The van der Waals surface area contributed by atoms with Crippen LogP contribution in [0.15, 0.2) is 54.7 Å². The fourth-order valence-corrected chi connectivity index (χ4v) is 5.91. The van der Waals surface area contributed by atoms with Crippen molar-refractivity contribution in [3.8, 4) is 0 Å². The van der Waals surface area contributed by atoms with E-state index in [9.17, 15) is 4.79 Å². The molecule has 2 atom stereocenters. The maximum Gasteiger partial charge on any atom is 0.253 e. The minimum Gasteiger partial charge on any atom is -0.339 e. The molecule has 2 fully saturated rings. The second-order valence-electron chi connectivity index (χ2n) is 10.0. The number of piperidine rings is 2. The minimum atomic E-state index is -1.25. The van der Waals surface area contributed by atoms with E-state index in [2.05, 4.69) is 9.88 Å². The molecule has 2 unspecified atom stereocenters. The quantitative estimate of drug-likeness (QED) is 0.402. The Morgan fingerprint density at radius 1 is 1.09 bits per heavy atom. The second kappa shape index (κ2) is 10.0. The van der Waals surface area contributed by atoms with Gasteiger partial charge in [0.1, 0.15) is 5.67 Å². The summed E-state index contributed by atoms with van der Waals surface area (Å²) in [5.74, 6) is -0.0119. The molecule has 5 rings (SSSR count). The average molecular weight is 514 g/mol. The molecule has 0 N–H and O–H groups in total. The normalized spacial score (nSPS) is 24.1. The molecule has 0 radical (unpaired) electrons. The highest BCUT2D eigenvalue weighted by Crippen LogP contribution is 2.38. The molecular formula is C28H30Cl2FN3O. The SMILES string of the molecule is CC1CN(C2CCN(C(=O)c3ccc4ncccc4c3)CC2)CCC1(F)Cc1ccc(Cl)c(Cl)c1. The van der Waals surface area contributed by atoms with Crippen LogP contribution in [0.3, 0.4) is 0 Å². The number of halogens is 3. The van der Waals surface area contributed by atoms with E-state index in [4.69, 9.17) is 23.2 Å². The van der Waals surface area contributed by atoms with E-state index in [1.807, 2.05) is 48.2 Å². The Hall–Kier alpha value is -2.21. The molecular weight excluding hydrogens is 484 g/mol. The number of benzene rings is 2. The van der Waals surface area contributed by atoms with Crippen molar-refractivity contribution in [3.05, 3.63) is 75.9 Å². The Morgan fingerprint density at radius 2 is 1.89 bits per heavy atom. The van der Waals surface area contributed by atoms with Gasteiger partial charge in [-0.15, -0.1) is 0 Å². The number of nitrogens with zero attached hydrogens (tertiary/aromatic N) is 3. The summed E-state index contributed by atoms with van der Waals surface area (Å²) in [6.07, 6.45) is 4.45. The topological polar surface area (TPSA) is 36.4 Å². The fourth-order valence-electron chi connectivity index (χ4n) is 5.59. The predicted molar refractivity (Wildman–Crippen MR) is 140 cm³/mol. The molecule has 184 valence electrons. The maximum atomic E-state index is 15.9. The summed E-state index contributed by atoms with van der Waals surface area (Å²) in [6, 6.07) is 15.3. The third-order valence-electron chi connectivity index (χ3n) is 7.81. The minimum absolute atomic E-state index is 0.0746. The molecule has 7 heteroatoms. The van der Waals surface area contributed by atoms with Crippen molar-refractivity contribution in [3.63, 3.8) is 0 Å². The standard InChI is InChI=1S/C28H30Cl2FN3O/c1-19-18-34(14-10-28(19,31)17-20-4-6-24(29)25(30)15-20)23-8-12-33(13-9-23)27(35)22-5-7-26-21(16-22)3-2-11-32-26/h2-7,11,15-16,19,23H,8-10,12-14,17-18H2,1H3. The van der Waals surface area contributed by atoms with Crippen LogP contribution >= 0.6 is 23.2 Å². The van der Waals surface area contributed by atoms with Gasteiger partial charge in [0.2, 0.25) is 0 Å². The van der Waals surface area contributed by atoms with Gasteiger partial charge >= 0.3 is 0 Å². The summed E-state index contributed by atoms with van der Waals surface area (Å²) in [4.78, 5) is 21.8. The Balaban J connectivity index is 1.17. The van der Waals surface area contributed by atoms with Gasteiger partial charge < -0.3 is 4.90 Å². The summed E-state index contributed by atoms with van der Waals surface area (Å²) in [6.45, 7) is 4.93. The zero-order valence-corrected chi connectivity index (χ0v) is 21.4. The molecule has 1 amide bonds. The van der Waals surface area contributed by atoms with E-state index in [1.54, 1.807) is 18.3 Å². The number of alkyl halides is 1. The van der Waals surface area contributed by atoms with Crippen molar-refractivity contribution in [1.82, 2.24) is 14.8 Å². The van der Waals surface area contributed by atoms with E-state index in [0.717, 1.165) is 55.5 Å². The number of fused-ring (bicyclic) bond motifs is 1. The molecule has 4 nitrogen and oxygen atoms in total. The smallest absolute Gasteiger partial charge is 0.253 e. The maximum absolute atomic E-state index is 15.9. The van der Waals surface area contributed by atoms with Crippen molar-refractivity contribution in [1.29, 1.82) is 0 Å². The van der Waals surface area contributed by atoms with Gasteiger partial charge in [-0.05, 0) is 61.2 Å². The van der Waals surface area contributed by atoms with Gasteiger partial charge in [-0.3, -0.25) is 14.7 Å². The van der Waals surface area contributed by atoms with Gasteiger partial charge in [0, 0.05) is 61.7 Å². The van der Waals surface area contributed by atoms with Gasteiger partial charge in [0.25, 0.3) is 5.91 Å². The number of rotatable bonds is 4. The molecule has 2 aromatic carbocycles. The fraction of sp³-hybridized carbons (Fsp3) is 0.429. The lowest BCUT2D eigenvalue weighted by Crippen LogP contribution is -2.55. The highest BCUT2D eigenvalue weighted by Gasteiger charge is 2.43. The molecule has 0 spiro atoms. The summed E-state index contributed by atoms with van der Waals surface area (Å²) in [7, 11) is 0. The van der Waals surface area contributed by atoms with Crippen LogP contribution in [0.2, 0.25) is 10.0 Å². The summed E-state index contributed by atoms with van der Waals surface area (Å²) in [5, 5.41) is 1.94. The molecule has 2 aliphatic rings. The number of likely N-dealkylation sites (tertiary alicyclic amines) is 2. The van der Waals surface area contributed by atoms with E-state index in [0.29, 0.717) is 34.5 Å². The molecule has 2 aliphatic heterocycles. The van der Waals surface area contributed by atoms with Gasteiger partial charge in [0.15, 0.2) is 0 Å². The van der Waals surface area contributed by atoms with Crippen molar-refractivity contribution in [2.45, 2.75) is 44.3 Å². The average Bonchev–Trinajstić information content (AvgIpc) is 2.87. The lowest BCUT2D eigenvalue weighted by molar-refractivity contribution is -0.0201. The van der Waals surface area contributed by atoms with Crippen LogP contribution in [-0.2, 0) is 6.42 Å². The van der Waals surface area contributed by atoms with Crippen LogP contribution in [0.4, 0.5) is 4.39 Å². The molecule has 35 heavy (non-hydrogen) atoms. The molecule has 0 bridgehead atoms. The van der Waals surface area contributed by atoms with Crippen molar-refractivity contribution < 1.29 is 9.18 Å². The Morgan fingerprint density at radius 3 is 2.63 bits per heavy atom. The third kappa shape index (κ3) is 5.18. The van der Waals surface area contributed by atoms with Gasteiger partial charge in [0.05, 0.1) is 15.6 Å². The predicted octanol–water partition coefficient (Wildman–Crippen LogP) is 6.44. The number of carbonyl (C=O) groups excluding carboxylic acids is 1. The van der Waals surface area contributed by atoms with Crippen LogP contribution < -0.4 is 0 Å². The molecule has 3 heterocycles. The van der Waals surface area contributed by atoms with Crippen LogP contribution in [-0.4, -0.2) is 58.6 Å². The first kappa shape index (κ1) is 24.5. The lowest BCUT2D eigenvalue weighted by atomic mass is 9.78. The number of aromatic nitrogens is 1. The van der Waals surface area contributed by atoms with Crippen molar-refractivity contribution in [2.75, 3.05) is 26.2 Å². The first-order valence-corrected chi connectivity index (χ1v) is 13.1. The number of hydrogen-bond donors (Lipinski definition) is 0. The highest BCUT2D eigenvalue weighted by molar-refractivity contribution is 6.42. The van der Waals surface area contributed by atoms with Crippen molar-refractivity contribution >= 4 is 40.0 Å². The van der Waals surface area contributed by atoms with Crippen LogP contribution in [0.1, 0.15) is 42.1 Å². The molecule has 0 saturated carbocycles. The lowest BCUT2D eigenvalue weighted by Gasteiger charge is -2.46. The Bertz CT molecular complexity index is 1230. The molecule has 1 aromatic heterocycles. The molecule has 3 aromatic rings. The molecule has 2 saturated heterocycles. The zero-order valence-electron chi connectivity index (χ0n) is 19.9. The van der Waals surface area contributed by atoms with Crippen molar-refractivity contribution in [2.24, 2.45) is 5.92 Å². The number of pyridine rings is 1. The van der Waals surface area contributed by atoms with E-state index in [-0.39, 0.29) is 11.8 Å². The van der Waals surface area contributed by atoms with Crippen LogP contribution in [0, 0.1) is 5.92 Å². The number of hydrogen-bond acceptors (Lipinski definition) is 3. The first-order valence-electron chi connectivity index (χ1n) is 12.3. The Kier molecular flexibility index (Phi) is 7.02. The summed E-state index contributed by atoms with van der Waals surface area (Å²) >= 11 is 12.2. The van der Waals surface area contributed by atoms with E-state index in [1.165, 1.54) is 0 Å². The zero-order chi connectivity index (χ0) is 24.6. The summed E-state index contributed by atoms with van der Waals surface area (Å²) in [5.41, 5.74) is 1.23. The number of amides is 1. The van der Waals surface area contributed by atoms with E-state index < -0.39 is 5.67 Å². The largest absolute Gasteiger partial charge is 0.339 e. The molecule has 0 aliphatic carbocycles.